The SMILES string of the molecule is Cc1noc([C@@]2(O)CCN(S(=O)(=O)c3ccc4c(c3)C[C@@H](C)O4)C2)n1. The quantitative estimate of drug-likeness (QED) is 0.864. The van der Waals surface area contributed by atoms with E-state index in [1.54, 1.807) is 25.1 Å². The summed E-state index contributed by atoms with van der Waals surface area (Å²) in [6.07, 6.45) is 0.939. The fourth-order valence-electron chi connectivity index (χ4n) is 3.33. The molecule has 2 aromatic rings. The molecule has 0 aliphatic carbocycles. The Balaban J connectivity index is 1.61. The van der Waals surface area contributed by atoms with Crippen molar-refractivity contribution in [1.29, 1.82) is 0 Å². The van der Waals surface area contributed by atoms with Crippen LogP contribution >= 0.6 is 0 Å². The largest absolute Gasteiger partial charge is 0.490 e. The predicted octanol–water partition coefficient (Wildman–Crippen LogP) is 0.984. The minimum atomic E-state index is -3.72. The number of hydrogen-bond acceptors (Lipinski definition) is 7. The minimum Gasteiger partial charge on any atom is -0.490 e. The molecular formula is C16H19N3O5S. The molecule has 134 valence electrons. The van der Waals surface area contributed by atoms with E-state index in [0.717, 1.165) is 11.3 Å². The number of hydrogen-bond donors (Lipinski definition) is 1. The molecule has 0 spiro atoms. The highest BCUT2D eigenvalue weighted by molar-refractivity contribution is 7.89. The van der Waals surface area contributed by atoms with Gasteiger partial charge in [0.25, 0.3) is 5.89 Å². The van der Waals surface area contributed by atoms with Crippen molar-refractivity contribution >= 4 is 10.0 Å². The summed E-state index contributed by atoms with van der Waals surface area (Å²) >= 11 is 0. The van der Waals surface area contributed by atoms with Gasteiger partial charge in [-0.25, -0.2) is 8.42 Å². The second kappa shape index (κ2) is 5.52. The molecule has 1 aromatic heterocycles. The van der Waals surface area contributed by atoms with E-state index in [4.69, 9.17) is 9.26 Å². The van der Waals surface area contributed by atoms with Crippen LogP contribution < -0.4 is 4.74 Å². The first-order valence-electron chi connectivity index (χ1n) is 8.11. The molecule has 1 N–H and O–H groups in total. The van der Waals surface area contributed by atoms with Crippen LogP contribution in [0.15, 0.2) is 27.6 Å². The maximum absolute atomic E-state index is 12.9. The molecule has 0 unspecified atom stereocenters. The average molecular weight is 365 g/mol. The Morgan fingerprint density at radius 2 is 2.20 bits per heavy atom. The Hall–Kier alpha value is -1.97. The molecule has 1 aromatic carbocycles. The molecule has 9 heteroatoms. The van der Waals surface area contributed by atoms with Crippen molar-refractivity contribution in [2.24, 2.45) is 0 Å². The first kappa shape index (κ1) is 16.5. The van der Waals surface area contributed by atoms with Crippen LogP contribution in [0.5, 0.6) is 5.75 Å². The number of fused-ring (bicyclic) bond motifs is 1. The second-order valence-electron chi connectivity index (χ2n) is 6.67. The zero-order valence-corrected chi connectivity index (χ0v) is 14.8. The molecule has 4 rings (SSSR count). The molecule has 2 aliphatic rings. The maximum Gasteiger partial charge on any atom is 0.260 e. The zero-order chi connectivity index (χ0) is 17.8. The number of ether oxygens (including phenoxy) is 1. The van der Waals surface area contributed by atoms with Gasteiger partial charge in [-0.1, -0.05) is 5.16 Å². The van der Waals surface area contributed by atoms with Crippen LogP contribution in [-0.4, -0.2) is 47.2 Å². The fraction of sp³-hybridized carbons (Fsp3) is 0.500. The van der Waals surface area contributed by atoms with Gasteiger partial charge in [0.1, 0.15) is 11.9 Å². The summed E-state index contributed by atoms with van der Waals surface area (Å²) in [6.45, 7) is 3.67. The van der Waals surface area contributed by atoms with Gasteiger partial charge in [-0.15, -0.1) is 0 Å². The Bertz CT molecular complexity index is 926. The lowest BCUT2D eigenvalue weighted by molar-refractivity contribution is 0.0194. The molecular weight excluding hydrogens is 346 g/mol. The van der Waals surface area contributed by atoms with E-state index in [1.165, 1.54) is 4.31 Å². The third-order valence-corrected chi connectivity index (χ3v) is 6.48. The molecule has 8 nitrogen and oxygen atoms in total. The summed E-state index contributed by atoms with van der Waals surface area (Å²) < 4.78 is 37.8. The normalized spacial score (nSPS) is 26.6. The van der Waals surface area contributed by atoms with Gasteiger partial charge < -0.3 is 14.4 Å². The Kier molecular flexibility index (Phi) is 3.64. The van der Waals surface area contributed by atoms with Crippen LogP contribution in [0.4, 0.5) is 0 Å². The highest BCUT2D eigenvalue weighted by Gasteiger charge is 2.46. The van der Waals surface area contributed by atoms with E-state index in [2.05, 4.69) is 10.1 Å². The summed E-state index contributed by atoms with van der Waals surface area (Å²) in [4.78, 5) is 4.25. The standard InChI is InChI=1S/C16H19N3O5S/c1-10-7-12-8-13(3-4-14(12)23-10)25(21,22)19-6-5-16(20,9-19)15-17-11(2)18-24-15/h3-4,8,10,20H,5-7,9H2,1-2H3/t10-,16-/m1/s1. The Morgan fingerprint density at radius 3 is 2.92 bits per heavy atom. The summed E-state index contributed by atoms with van der Waals surface area (Å²) in [5, 5.41) is 14.4. The molecule has 1 saturated heterocycles. The number of aromatic nitrogens is 2. The van der Waals surface area contributed by atoms with Gasteiger partial charge in [0.2, 0.25) is 10.0 Å². The van der Waals surface area contributed by atoms with Crippen molar-refractivity contribution in [1.82, 2.24) is 14.4 Å². The fourth-order valence-corrected chi connectivity index (χ4v) is 4.88. The first-order valence-corrected chi connectivity index (χ1v) is 9.55. The topological polar surface area (TPSA) is 106 Å². The molecule has 0 amide bonds. The van der Waals surface area contributed by atoms with Crippen molar-refractivity contribution in [3.05, 3.63) is 35.5 Å². The summed E-state index contributed by atoms with van der Waals surface area (Å²) in [5.41, 5.74) is -0.571. The number of β-amino-alcohol motifs (C(OH)–C–C–N with tert-alkyl or cyclic N) is 1. The van der Waals surface area contributed by atoms with Gasteiger partial charge in [-0.05, 0) is 37.6 Å². The van der Waals surface area contributed by atoms with Crippen LogP contribution in [0.1, 0.15) is 30.6 Å². The Morgan fingerprint density at radius 1 is 1.40 bits per heavy atom. The van der Waals surface area contributed by atoms with E-state index >= 15 is 0 Å². The molecule has 2 aliphatic heterocycles. The van der Waals surface area contributed by atoms with E-state index in [0.29, 0.717) is 12.2 Å². The first-order chi connectivity index (χ1) is 11.8. The number of benzene rings is 1. The van der Waals surface area contributed by atoms with Crippen molar-refractivity contribution in [2.45, 2.75) is 43.3 Å². The smallest absolute Gasteiger partial charge is 0.260 e. The minimum absolute atomic E-state index is 0.0469. The number of aryl methyl sites for hydroxylation is 1. The van der Waals surface area contributed by atoms with E-state index in [1.807, 2.05) is 6.92 Å². The van der Waals surface area contributed by atoms with E-state index in [9.17, 15) is 13.5 Å². The lowest BCUT2D eigenvalue weighted by Gasteiger charge is -2.20. The average Bonchev–Trinajstić information content (AvgIpc) is 3.24. The van der Waals surface area contributed by atoms with Gasteiger partial charge >= 0.3 is 0 Å². The van der Waals surface area contributed by atoms with Gasteiger partial charge in [0.05, 0.1) is 11.4 Å². The van der Waals surface area contributed by atoms with Crippen molar-refractivity contribution in [3.8, 4) is 5.75 Å². The third kappa shape index (κ3) is 2.72. The van der Waals surface area contributed by atoms with Crippen LogP contribution in [0.3, 0.4) is 0 Å². The lowest BCUT2D eigenvalue weighted by atomic mass is 10.0. The predicted molar refractivity (Wildman–Crippen MR) is 86.5 cm³/mol. The van der Waals surface area contributed by atoms with Crippen molar-refractivity contribution in [3.63, 3.8) is 0 Å². The van der Waals surface area contributed by atoms with Crippen LogP contribution in [0.2, 0.25) is 0 Å². The van der Waals surface area contributed by atoms with Crippen LogP contribution in [-0.2, 0) is 22.0 Å². The van der Waals surface area contributed by atoms with Gasteiger partial charge in [0.15, 0.2) is 11.4 Å². The molecule has 3 heterocycles. The zero-order valence-electron chi connectivity index (χ0n) is 14.0. The molecule has 25 heavy (non-hydrogen) atoms. The highest BCUT2D eigenvalue weighted by Crippen LogP contribution is 2.36. The van der Waals surface area contributed by atoms with Gasteiger partial charge in [0, 0.05) is 19.4 Å². The van der Waals surface area contributed by atoms with E-state index in [-0.39, 0.29) is 36.4 Å². The van der Waals surface area contributed by atoms with Gasteiger partial charge in [-0.2, -0.15) is 9.29 Å². The van der Waals surface area contributed by atoms with Gasteiger partial charge in [-0.3, -0.25) is 0 Å². The van der Waals surface area contributed by atoms with Crippen molar-refractivity contribution < 1.29 is 22.8 Å². The molecule has 1 fully saturated rings. The summed E-state index contributed by atoms with van der Waals surface area (Å²) in [6, 6.07) is 4.89. The van der Waals surface area contributed by atoms with E-state index < -0.39 is 15.6 Å². The third-order valence-electron chi connectivity index (χ3n) is 4.64. The Labute approximate surface area is 145 Å². The van der Waals surface area contributed by atoms with Crippen molar-refractivity contribution in [2.75, 3.05) is 13.1 Å². The van der Waals surface area contributed by atoms with Crippen LogP contribution in [0.25, 0.3) is 0 Å². The molecule has 0 bridgehead atoms. The monoisotopic (exact) mass is 365 g/mol. The number of sulfonamides is 1. The second-order valence-corrected chi connectivity index (χ2v) is 8.61. The molecule has 2 atom stereocenters. The number of nitrogens with zero attached hydrogens (tertiary/aromatic N) is 3. The summed E-state index contributed by atoms with van der Waals surface area (Å²) in [7, 11) is -3.72. The summed E-state index contributed by atoms with van der Waals surface area (Å²) in [5.74, 6) is 1.18. The highest BCUT2D eigenvalue weighted by atomic mass is 32.2. The lowest BCUT2D eigenvalue weighted by Crippen LogP contribution is -2.34. The maximum atomic E-state index is 12.9. The van der Waals surface area contributed by atoms with Crippen LogP contribution in [0, 0.1) is 6.92 Å². The number of rotatable bonds is 3. The molecule has 0 radical (unpaired) electrons. The number of aliphatic hydroxyl groups is 1. The molecule has 0 saturated carbocycles.